The molecular weight excluding hydrogens is 421 g/mol. The molecule has 30 heavy (non-hydrogen) atoms. The number of halogens is 2. The van der Waals surface area contributed by atoms with E-state index in [9.17, 15) is 9.18 Å². The predicted octanol–water partition coefficient (Wildman–Crippen LogP) is 5.74. The van der Waals surface area contributed by atoms with E-state index >= 15 is 0 Å². The molecular formula is C23H17ClFN3OS. The van der Waals surface area contributed by atoms with Crippen LogP contribution in [0.1, 0.15) is 11.3 Å². The van der Waals surface area contributed by atoms with Gasteiger partial charge in [0, 0.05) is 12.1 Å². The molecule has 7 heteroatoms. The third kappa shape index (κ3) is 4.96. The third-order valence-electron chi connectivity index (χ3n) is 4.36. The summed E-state index contributed by atoms with van der Waals surface area (Å²) >= 11 is 7.10. The first-order valence-electron chi connectivity index (χ1n) is 9.26. The number of thioether (sulfide) groups is 1. The predicted molar refractivity (Wildman–Crippen MR) is 120 cm³/mol. The van der Waals surface area contributed by atoms with Gasteiger partial charge in [-0.05, 0) is 35.9 Å². The normalized spacial score (nSPS) is 10.9. The Kier molecular flexibility index (Phi) is 6.26. The van der Waals surface area contributed by atoms with Crippen LogP contribution in [0, 0.1) is 5.82 Å². The zero-order valence-electron chi connectivity index (χ0n) is 15.8. The van der Waals surface area contributed by atoms with Gasteiger partial charge in [0.05, 0.1) is 27.5 Å². The highest BCUT2D eigenvalue weighted by Crippen LogP contribution is 2.25. The zero-order valence-corrected chi connectivity index (χ0v) is 17.4. The van der Waals surface area contributed by atoms with Gasteiger partial charge in [-0.2, -0.15) is 0 Å². The molecule has 0 aliphatic heterocycles. The van der Waals surface area contributed by atoms with E-state index in [0.29, 0.717) is 17.1 Å². The van der Waals surface area contributed by atoms with E-state index in [1.807, 2.05) is 54.6 Å². The Balaban J connectivity index is 1.53. The first kappa shape index (κ1) is 20.3. The number of fused-ring (bicyclic) bond motifs is 1. The summed E-state index contributed by atoms with van der Waals surface area (Å²) in [6, 6.07) is 21.8. The van der Waals surface area contributed by atoms with Crippen LogP contribution < -0.4 is 5.32 Å². The number of hydrogen-bond acceptors (Lipinski definition) is 4. The second-order valence-electron chi connectivity index (χ2n) is 6.59. The Morgan fingerprint density at radius 2 is 1.67 bits per heavy atom. The summed E-state index contributed by atoms with van der Waals surface area (Å²) in [6.07, 6.45) is 0.621. The van der Waals surface area contributed by atoms with E-state index in [1.165, 1.54) is 30.0 Å². The molecule has 0 fully saturated rings. The quantitative estimate of drug-likeness (QED) is 0.390. The second-order valence-corrected chi connectivity index (χ2v) is 7.96. The first-order chi connectivity index (χ1) is 14.6. The van der Waals surface area contributed by atoms with Crippen molar-refractivity contribution in [3.8, 4) is 0 Å². The molecule has 0 aliphatic carbocycles. The SMILES string of the molecule is O=C(CSc1nc2ccccc2nc1Cc1ccccc1)Nc1ccc(F)c(Cl)c1. The van der Waals surface area contributed by atoms with Gasteiger partial charge in [-0.3, -0.25) is 4.79 Å². The van der Waals surface area contributed by atoms with Crippen LogP contribution in [-0.4, -0.2) is 21.6 Å². The number of aromatic nitrogens is 2. The summed E-state index contributed by atoms with van der Waals surface area (Å²) in [4.78, 5) is 21.9. The van der Waals surface area contributed by atoms with Crippen molar-refractivity contribution >= 4 is 46.0 Å². The Hall–Kier alpha value is -2.96. The number of hydrogen-bond donors (Lipinski definition) is 1. The van der Waals surface area contributed by atoms with Crippen LogP contribution in [0.25, 0.3) is 11.0 Å². The molecule has 0 bridgehead atoms. The molecule has 3 aromatic carbocycles. The number of carbonyl (C=O) groups excluding carboxylic acids is 1. The van der Waals surface area contributed by atoms with Crippen LogP contribution in [-0.2, 0) is 11.2 Å². The van der Waals surface area contributed by atoms with E-state index in [0.717, 1.165) is 22.3 Å². The molecule has 1 amide bonds. The molecule has 0 unspecified atom stereocenters. The van der Waals surface area contributed by atoms with Crippen LogP contribution in [0.5, 0.6) is 0 Å². The lowest BCUT2D eigenvalue weighted by Crippen LogP contribution is -2.14. The average molecular weight is 438 g/mol. The number of carbonyl (C=O) groups is 1. The monoisotopic (exact) mass is 437 g/mol. The van der Waals surface area contributed by atoms with Crippen molar-refractivity contribution in [3.63, 3.8) is 0 Å². The summed E-state index contributed by atoms with van der Waals surface area (Å²) in [5, 5.41) is 3.40. The molecule has 0 saturated heterocycles. The van der Waals surface area contributed by atoms with E-state index in [4.69, 9.17) is 21.6 Å². The Morgan fingerprint density at radius 1 is 0.967 bits per heavy atom. The molecule has 0 saturated carbocycles. The molecule has 4 rings (SSSR count). The summed E-state index contributed by atoms with van der Waals surface area (Å²) in [6.45, 7) is 0. The van der Waals surface area contributed by atoms with Crippen molar-refractivity contribution in [2.24, 2.45) is 0 Å². The van der Waals surface area contributed by atoms with Crippen LogP contribution in [0.3, 0.4) is 0 Å². The average Bonchev–Trinajstić information content (AvgIpc) is 2.75. The lowest BCUT2D eigenvalue weighted by atomic mass is 10.1. The third-order valence-corrected chi connectivity index (χ3v) is 5.66. The minimum atomic E-state index is -0.527. The van der Waals surface area contributed by atoms with Crippen molar-refractivity contribution in [1.82, 2.24) is 9.97 Å². The Morgan fingerprint density at radius 3 is 2.40 bits per heavy atom. The van der Waals surface area contributed by atoms with E-state index in [-0.39, 0.29) is 16.7 Å². The van der Waals surface area contributed by atoms with Crippen molar-refractivity contribution in [2.75, 3.05) is 11.1 Å². The van der Waals surface area contributed by atoms with Crippen molar-refractivity contribution in [2.45, 2.75) is 11.4 Å². The van der Waals surface area contributed by atoms with Gasteiger partial charge in [-0.1, -0.05) is 65.8 Å². The van der Waals surface area contributed by atoms with Crippen LogP contribution >= 0.6 is 23.4 Å². The highest BCUT2D eigenvalue weighted by atomic mass is 35.5. The van der Waals surface area contributed by atoms with Gasteiger partial charge in [0.1, 0.15) is 10.8 Å². The fraction of sp³-hybridized carbons (Fsp3) is 0.0870. The number of amides is 1. The van der Waals surface area contributed by atoms with E-state index < -0.39 is 5.82 Å². The highest BCUT2D eigenvalue weighted by Gasteiger charge is 2.13. The van der Waals surface area contributed by atoms with Crippen molar-refractivity contribution < 1.29 is 9.18 Å². The van der Waals surface area contributed by atoms with Gasteiger partial charge in [-0.15, -0.1) is 0 Å². The molecule has 150 valence electrons. The highest BCUT2D eigenvalue weighted by molar-refractivity contribution is 8.00. The minimum Gasteiger partial charge on any atom is -0.325 e. The number of para-hydroxylation sites is 2. The van der Waals surface area contributed by atoms with Gasteiger partial charge in [-0.25, -0.2) is 14.4 Å². The minimum absolute atomic E-state index is 0.0361. The van der Waals surface area contributed by atoms with Crippen molar-refractivity contribution in [1.29, 1.82) is 0 Å². The standard InChI is InChI=1S/C23H17ClFN3OS/c24-17-13-16(10-11-18(17)25)26-22(29)14-30-23-21(12-15-6-2-1-3-7-15)27-19-8-4-5-9-20(19)28-23/h1-11,13H,12,14H2,(H,26,29). The summed E-state index contributed by atoms with van der Waals surface area (Å²) in [5.74, 6) is -0.617. The maximum absolute atomic E-state index is 13.3. The lowest BCUT2D eigenvalue weighted by molar-refractivity contribution is -0.113. The van der Waals surface area contributed by atoms with Crippen molar-refractivity contribution in [3.05, 3.63) is 94.9 Å². The maximum Gasteiger partial charge on any atom is 0.234 e. The number of benzene rings is 3. The fourth-order valence-corrected chi connectivity index (χ4v) is 3.91. The molecule has 4 nitrogen and oxygen atoms in total. The first-order valence-corrected chi connectivity index (χ1v) is 10.6. The fourth-order valence-electron chi connectivity index (χ4n) is 2.95. The van der Waals surface area contributed by atoms with E-state index in [1.54, 1.807) is 0 Å². The van der Waals surface area contributed by atoms with Crippen LogP contribution in [0.4, 0.5) is 10.1 Å². The molecule has 1 N–H and O–H groups in total. The number of anilines is 1. The molecule has 4 aromatic rings. The topological polar surface area (TPSA) is 54.9 Å². The molecule has 1 aromatic heterocycles. The Labute approximate surface area is 182 Å². The maximum atomic E-state index is 13.3. The van der Waals surface area contributed by atoms with E-state index in [2.05, 4.69) is 5.32 Å². The molecule has 0 aliphatic rings. The van der Waals surface area contributed by atoms with Gasteiger partial charge < -0.3 is 5.32 Å². The second kappa shape index (κ2) is 9.24. The molecule has 0 spiro atoms. The zero-order chi connectivity index (χ0) is 20.9. The summed E-state index contributed by atoms with van der Waals surface area (Å²) < 4.78 is 13.3. The summed E-state index contributed by atoms with van der Waals surface area (Å²) in [7, 11) is 0. The largest absolute Gasteiger partial charge is 0.325 e. The molecule has 1 heterocycles. The lowest BCUT2D eigenvalue weighted by Gasteiger charge is -2.10. The molecule has 0 radical (unpaired) electrons. The number of rotatable bonds is 6. The smallest absolute Gasteiger partial charge is 0.234 e. The van der Waals surface area contributed by atoms with Gasteiger partial charge in [0.2, 0.25) is 5.91 Å². The Bertz CT molecular complexity index is 1200. The van der Waals surface area contributed by atoms with Gasteiger partial charge in [0.25, 0.3) is 0 Å². The van der Waals surface area contributed by atoms with Gasteiger partial charge in [0.15, 0.2) is 0 Å². The summed E-state index contributed by atoms with van der Waals surface area (Å²) in [5.41, 5.74) is 3.98. The molecule has 0 atom stereocenters. The van der Waals surface area contributed by atoms with Crippen LogP contribution in [0.2, 0.25) is 5.02 Å². The van der Waals surface area contributed by atoms with Gasteiger partial charge >= 0.3 is 0 Å². The number of nitrogens with zero attached hydrogens (tertiary/aromatic N) is 2. The number of nitrogens with one attached hydrogen (secondary N) is 1. The van der Waals surface area contributed by atoms with Crippen LogP contribution in [0.15, 0.2) is 77.8 Å².